The summed E-state index contributed by atoms with van der Waals surface area (Å²) >= 11 is 5.96. The molecule has 1 aliphatic rings. The lowest BCUT2D eigenvalue weighted by Gasteiger charge is -2.21. The first-order valence-corrected chi connectivity index (χ1v) is 6.93. The highest BCUT2D eigenvalue weighted by molar-refractivity contribution is 6.33. The van der Waals surface area contributed by atoms with Gasteiger partial charge in [0.05, 0.1) is 17.3 Å². The first kappa shape index (κ1) is 15.7. The maximum atomic E-state index is 12.5. The van der Waals surface area contributed by atoms with Gasteiger partial charge in [-0.3, -0.25) is 4.79 Å². The zero-order chi connectivity index (χ0) is 15.7. The number of carbonyl (C=O) groups is 2. The molecule has 1 aliphatic heterocycles. The lowest BCUT2D eigenvalue weighted by molar-refractivity contribution is -0.141. The number of carboxylic acids is 1. The molecule has 1 amide bonds. The number of carbonyl (C=O) groups excluding carboxylic acids is 1. The topological polar surface area (TPSA) is 104 Å². The molecule has 0 spiro atoms. The molecule has 0 aromatic carbocycles. The molecule has 2 atom stereocenters. The van der Waals surface area contributed by atoms with E-state index in [1.165, 1.54) is 6.20 Å². The zero-order valence-electron chi connectivity index (χ0n) is 11.7. The maximum Gasteiger partial charge on any atom is 0.326 e. The largest absolute Gasteiger partial charge is 0.480 e. The number of nitrogens with zero attached hydrogens (tertiary/aromatic N) is 3. The summed E-state index contributed by atoms with van der Waals surface area (Å²) in [5.74, 6) is -1.30. The standard InChI is InChI=1S/C13H16ClN3O4/c1-6(2)11-15-4-8(14)10(16-11)12(19)17-5-7(18)3-9(17)13(20)21/h4,6-7,9,18H,3,5H2,1-2H3,(H,20,21)/t7-,9-/m1/s1. The summed E-state index contributed by atoms with van der Waals surface area (Å²) < 4.78 is 0. The molecule has 0 unspecified atom stereocenters. The van der Waals surface area contributed by atoms with Gasteiger partial charge in [0.15, 0.2) is 5.69 Å². The van der Waals surface area contributed by atoms with Crippen molar-refractivity contribution >= 4 is 23.5 Å². The Hall–Kier alpha value is -1.73. The van der Waals surface area contributed by atoms with E-state index >= 15 is 0 Å². The highest BCUT2D eigenvalue weighted by Gasteiger charge is 2.40. The second-order valence-corrected chi connectivity index (χ2v) is 5.69. The highest BCUT2D eigenvalue weighted by Crippen LogP contribution is 2.24. The Morgan fingerprint density at radius 3 is 2.71 bits per heavy atom. The summed E-state index contributed by atoms with van der Waals surface area (Å²) in [6.45, 7) is 3.70. The second-order valence-electron chi connectivity index (χ2n) is 5.28. The van der Waals surface area contributed by atoms with Crippen LogP contribution in [0.5, 0.6) is 0 Å². The van der Waals surface area contributed by atoms with Crippen LogP contribution in [-0.4, -0.2) is 55.6 Å². The molecule has 114 valence electrons. The Morgan fingerprint density at radius 1 is 1.48 bits per heavy atom. The monoisotopic (exact) mass is 313 g/mol. The molecular formula is C13H16ClN3O4. The number of hydrogen-bond acceptors (Lipinski definition) is 5. The van der Waals surface area contributed by atoms with Crippen LogP contribution in [0.3, 0.4) is 0 Å². The van der Waals surface area contributed by atoms with Crippen molar-refractivity contribution < 1.29 is 19.8 Å². The molecule has 2 N–H and O–H groups in total. The van der Waals surface area contributed by atoms with Gasteiger partial charge in [0.2, 0.25) is 0 Å². The van der Waals surface area contributed by atoms with E-state index in [9.17, 15) is 14.7 Å². The van der Waals surface area contributed by atoms with E-state index in [4.69, 9.17) is 16.7 Å². The molecule has 1 aromatic rings. The minimum absolute atomic E-state index is 0.000807. The van der Waals surface area contributed by atoms with Crippen molar-refractivity contribution in [2.45, 2.75) is 38.3 Å². The number of aromatic nitrogens is 2. The van der Waals surface area contributed by atoms with Crippen molar-refractivity contribution in [3.63, 3.8) is 0 Å². The van der Waals surface area contributed by atoms with E-state index in [-0.39, 0.29) is 29.6 Å². The molecule has 1 saturated heterocycles. The van der Waals surface area contributed by atoms with Crippen LogP contribution in [0.25, 0.3) is 0 Å². The Balaban J connectivity index is 2.35. The number of aliphatic hydroxyl groups excluding tert-OH is 1. The average Bonchev–Trinajstić information content (AvgIpc) is 2.80. The fourth-order valence-corrected chi connectivity index (χ4v) is 2.39. The molecule has 0 bridgehead atoms. The third-order valence-electron chi connectivity index (χ3n) is 3.31. The fourth-order valence-electron chi connectivity index (χ4n) is 2.22. The third kappa shape index (κ3) is 3.14. The summed E-state index contributed by atoms with van der Waals surface area (Å²) in [5.41, 5.74) is -0.0317. The number of hydrogen-bond donors (Lipinski definition) is 2. The molecule has 2 heterocycles. The highest BCUT2D eigenvalue weighted by atomic mass is 35.5. The van der Waals surface area contributed by atoms with Gasteiger partial charge < -0.3 is 15.1 Å². The minimum Gasteiger partial charge on any atom is -0.480 e. The number of likely N-dealkylation sites (tertiary alicyclic amines) is 1. The minimum atomic E-state index is -1.16. The van der Waals surface area contributed by atoms with Crippen LogP contribution in [0.1, 0.15) is 42.5 Å². The Labute approximate surface area is 126 Å². The van der Waals surface area contributed by atoms with Gasteiger partial charge >= 0.3 is 5.97 Å². The first-order chi connectivity index (χ1) is 9.81. The van der Waals surface area contributed by atoms with Gasteiger partial charge in [-0.25, -0.2) is 14.8 Å². The molecule has 0 saturated carbocycles. The van der Waals surface area contributed by atoms with Crippen molar-refractivity contribution in [3.05, 3.63) is 22.7 Å². The number of halogens is 1. The van der Waals surface area contributed by atoms with E-state index < -0.39 is 24.0 Å². The predicted octanol–water partition coefficient (Wildman–Crippen LogP) is 0.913. The molecule has 0 radical (unpaired) electrons. The van der Waals surface area contributed by atoms with Crippen LogP contribution >= 0.6 is 11.6 Å². The van der Waals surface area contributed by atoms with Gasteiger partial charge in [-0.15, -0.1) is 0 Å². The Kier molecular flexibility index (Phi) is 4.43. The summed E-state index contributed by atoms with van der Waals surface area (Å²) in [4.78, 5) is 32.9. The normalized spacial score (nSPS) is 21.9. The van der Waals surface area contributed by atoms with E-state index in [1.54, 1.807) is 0 Å². The number of aliphatic carboxylic acids is 1. The molecule has 21 heavy (non-hydrogen) atoms. The van der Waals surface area contributed by atoms with Crippen molar-refractivity contribution in [1.82, 2.24) is 14.9 Å². The Bertz CT molecular complexity index is 579. The third-order valence-corrected chi connectivity index (χ3v) is 3.58. The molecule has 8 heteroatoms. The van der Waals surface area contributed by atoms with E-state index in [0.29, 0.717) is 5.82 Å². The van der Waals surface area contributed by atoms with E-state index in [2.05, 4.69) is 9.97 Å². The van der Waals surface area contributed by atoms with Crippen LogP contribution < -0.4 is 0 Å². The number of carboxylic acid groups (broad SMARTS) is 1. The lowest BCUT2D eigenvalue weighted by Crippen LogP contribution is -2.41. The van der Waals surface area contributed by atoms with Crippen molar-refractivity contribution in [3.8, 4) is 0 Å². The van der Waals surface area contributed by atoms with Crippen molar-refractivity contribution in [2.75, 3.05) is 6.54 Å². The molecule has 1 aromatic heterocycles. The quantitative estimate of drug-likeness (QED) is 0.859. The molecule has 0 aliphatic carbocycles. The smallest absolute Gasteiger partial charge is 0.326 e. The summed E-state index contributed by atoms with van der Waals surface area (Å²) in [7, 11) is 0. The van der Waals surface area contributed by atoms with Crippen LogP contribution in [0.4, 0.5) is 0 Å². The Morgan fingerprint density at radius 2 is 2.14 bits per heavy atom. The van der Waals surface area contributed by atoms with Crippen LogP contribution in [0.15, 0.2) is 6.20 Å². The van der Waals surface area contributed by atoms with Gasteiger partial charge in [-0.2, -0.15) is 0 Å². The average molecular weight is 314 g/mol. The van der Waals surface area contributed by atoms with Crippen LogP contribution in [0.2, 0.25) is 5.02 Å². The zero-order valence-corrected chi connectivity index (χ0v) is 12.4. The molecule has 2 rings (SSSR count). The van der Waals surface area contributed by atoms with Crippen LogP contribution in [0, 0.1) is 0 Å². The van der Waals surface area contributed by atoms with E-state index in [0.717, 1.165) is 4.90 Å². The van der Waals surface area contributed by atoms with Crippen molar-refractivity contribution in [2.24, 2.45) is 0 Å². The van der Waals surface area contributed by atoms with E-state index in [1.807, 2.05) is 13.8 Å². The van der Waals surface area contributed by atoms with Gasteiger partial charge in [0.1, 0.15) is 11.9 Å². The predicted molar refractivity (Wildman–Crippen MR) is 74.2 cm³/mol. The molecular weight excluding hydrogens is 298 g/mol. The van der Waals surface area contributed by atoms with Gasteiger partial charge in [0, 0.05) is 18.9 Å². The first-order valence-electron chi connectivity index (χ1n) is 6.55. The summed E-state index contributed by atoms with van der Waals surface area (Å²) in [5, 5.41) is 18.8. The maximum absolute atomic E-state index is 12.5. The van der Waals surface area contributed by atoms with Crippen LogP contribution in [-0.2, 0) is 4.79 Å². The number of β-amino-alcohol motifs (C(OH)–C–C–N with tert-alkyl or cyclic N) is 1. The number of rotatable bonds is 3. The summed E-state index contributed by atoms with van der Waals surface area (Å²) in [6, 6.07) is -1.07. The lowest BCUT2D eigenvalue weighted by atomic mass is 10.2. The molecule has 7 nitrogen and oxygen atoms in total. The summed E-state index contributed by atoms with van der Waals surface area (Å²) in [6.07, 6.45) is 0.473. The fraction of sp³-hybridized carbons (Fsp3) is 0.538. The van der Waals surface area contributed by atoms with Gasteiger partial charge in [0.25, 0.3) is 5.91 Å². The van der Waals surface area contributed by atoms with Gasteiger partial charge in [-0.1, -0.05) is 25.4 Å². The SMILES string of the molecule is CC(C)c1ncc(Cl)c(C(=O)N2C[C@H](O)C[C@@H]2C(=O)O)n1. The molecule has 1 fully saturated rings. The van der Waals surface area contributed by atoms with Gasteiger partial charge in [-0.05, 0) is 0 Å². The van der Waals surface area contributed by atoms with Crippen molar-refractivity contribution in [1.29, 1.82) is 0 Å². The number of aliphatic hydroxyl groups is 1. The number of amides is 1. The second kappa shape index (κ2) is 5.95.